The molecule has 0 atom stereocenters. The van der Waals surface area contributed by atoms with Crippen molar-refractivity contribution in [3.8, 4) is 5.75 Å². The minimum atomic E-state index is -0.196. The molecular formula is C16H24N2O3. The molecule has 1 aromatic carbocycles. The molecule has 0 aliphatic rings. The Labute approximate surface area is 126 Å². The molecule has 0 aliphatic heterocycles. The fourth-order valence-corrected chi connectivity index (χ4v) is 1.79. The third-order valence-corrected chi connectivity index (χ3v) is 2.85. The van der Waals surface area contributed by atoms with Crippen LogP contribution in [0.3, 0.4) is 0 Å². The summed E-state index contributed by atoms with van der Waals surface area (Å²) >= 11 is 0. The van der Waals surface area contributed by atoms with E-state index >= 15 is 0 Å². The number of carbonyl (C=O) groups is 2. The van der Waals surface area contributed by atoms with Crippen LogP contribution in [0.2, 0.25) is 0 Å². The second-order valence-corrected chi connectivity index (χ2v) is 5.30. The van der Waals surface area contributed by atoms with Crippen molar-refractivity contribution < 1.29 is 14.3 Å². The Kier molecular flexibility index (Phi) is 6.72. The van der Waals surface area contributed by atoms with Gasteiger partial charge < -0.3 is 15.4 Å². The lowest BCUT2D eigenvalue weighted by molar-refractivity contribution is -0.123. The maximum atomic E-state index is 12.0. The zero-order chi connectivity index (χ0) is 15.8. The lowest BCUT2D eigenvalue weighted by Crippen LogP contribution is -2.32. The van der Waals surface area contributed by atoms with Crippen molar-refractivity contribution in [1.29, 1.82) is 0 Å². The Morgan fingerprint density at radius 1 is 1.24 bits per heavy atom. The van der Waals surface area contributed by atoms with Crippen LogP contribution in [0, 0.1) is 12.8 Å². The Balaban J connectivity index is 2.73. The molecule has 21 heavy (non-hydrogen) atoms. The average molecular weight is 292 g/mol. The van der Waals surface area contributed by atoms with Crippen molar-refractivity contribution >= 4 is 11.8 Å². The molecule has 0 radical (unpaired) electrons. The third kappa shape index (κ3) is 5.45. The van der Waals surface area contributed by atoms with Gasteiger partial charge in [0.2, 0.25) is 0 Å². The van der Waals surface area contributed by atoms with E-state index in [0.29, 0.717) is 30.3 Å². The normalized spacial score (nSPS) is 10.3. The highest BCUT2D eigenvalue weighted by Crippen LogP contribution is 2.23. The van der Waals surface area contributed by atoms with E-state index in [0.717, 1.165) is 5.56 Å². The molecule has 0 bridgehead atoms. The molecule has 0 heterocycles. The number of nitrogens with one attached hydrogen (secondary N) is 2. The quantitative estimate of drug-likeness (QED) is 0.806. The van der Waals surface area contributed by atoms with Crippen LogP contribution in [0.5, 0.6) is 5.75 Å². The minimum Gasteiger partial charge on any atom is -0.483 e. The van der Waals surface area contributed by atoms with Crippen molar-refractivity contribution in [2.24, 2.45) is 5.92 Å². The van der Waals surface area contributed by atoms with Crippen molar-refractivity contribution in [2.45, 2.75) is 27.7 Å². The minimum absolute atomic E-state index is 0.0933. The van der Waals surface area contributed by atoms with E-state index in [-0.39, 0.29) is 18.4 Å². The summed E-state index contributed by atoms with van der Waals surface area (Å²) in [5.41, 5.74) is 1.28. The van der Waals surface area contributed by atoms with E-state index in [1.807, 2.05) is 33.8 Å². The lowest BCUT2D eigenvalue weighted by atomic mass is 10.1. The number of carbonyl (C=O) groups excluding carboxylic acids is 2. The van der Waals surface area contributed by atoms with Crippen LogP contribution in [0.4, 0.5) is 0 Å². The largest absolute Gasteiger partial charge is 0.483 e. The summed E-state index contributed by atoms with van der Waals surface area (Å²) in [7, 11) is 0. The zero-order valence-electron chi connectivity index (χ0n) is 13.2. The SMILES string of the molecule is CCNC(=O)c1cccc(C)c1OCC(=O)NCC(C)C. The third-order valence-electron chi connectivity index (χ3n) is 2.85. The fraction of sp³-hybridized carbons (Fsp3) is 0.500. The summed E-state index contributed by atoms with van der Waals surface area (Å²) in [5.74, 6) is 0.467. The van der Waals surface area contributed by atoms with Gasteiger partial charge in [0.15, 0.2) is 6.61 Å². The summed E-state index contributed by atoms with van der Waals surface area (Å²) in [6.45, 7) is 8.81. The first-order valence-electron chi connectivity index (χ1n) is 7.23. The van der Waals surface area contributed by atoms with Gasteiger partial charge in [-0.15, -0.1) is 0 Å². The summed E-state index contributed by atoms with van der Waals surface area (Å²) in [6, 6.07) is 5.34. The van der Waals surface area contributed by atoms with Crippen molar-refractivity contribution in [1.82, 2.24) is 10.6 Å². The van der Waals surface area contributed by atoms with E-state index in [9.17, 15) is 9.59 Å². The molecule has 2 N–H and O–H groups in total. The lowest BCUT2D eigenvalue weighted by Gasteiger charge is -2.14. The molecule has 116 valence electrons. The highest BCUT2D eigenvalue weighted by molar-refractivity contribution is 5.97. The highest BCUT2D eigenvalue weighted by Gasteiger charge is 2.15. The first-order chi connectivity index (χ1) is 9.95. The molecule has 0 fully saturated rings. The van der Waals surface area contributed by atoms with E-state index in [1.165, 1.54) is 0 Å². The van der Waals surface area contributed by atoms with E-state index in [1.54, 1.807) is 12.1 Å². The van der Waals surface area contributed by atoms with Gasteiger partial charge in [-0.2, -0.15) is 0 Å². The highest BCUT2D eigenvalue weighted by atomic mass is 16.5. The molecule has 0 saturated carbocycles. The maximum Gasteiger partial charge on any atom is 0.257 e. The first-order valence-corrected chi connectivity index (χ1v) is 7.23. The molecule has 1 rings (SSSR count). The Hall–Kier alpha value is -2.04. The number of rotatable bonds is 7. The standard InChI is InChI=1S/C16H24N2O3/c1-5-17-16(20)13-8-6-7-12(4)15(13)21-10-14(19)18-9-11(2)3/h6-8,11H,5,9-10H2,1-4H3,(H,17,20)(H,18,19). The van der Waals surface area contributed by atoms with E-state index in [4.69, 9.17) is 4.74 Å². The molecule has 1 aromatic rings. The molecule has 0 saturated heterocycles. The number of para-hydroxylation sites is 1. The van der Waals surface area contributed by atoms with Gasteiger partial charge in [0.1, 0.15) is 5.75 Å². The van der Waals surface area contributed by atoms with Crippen molar-refractivity contribution in [3.63, 3.8) is 0 Å². The van der Waals surface area contributed by atoms with Gasteiger partial charge in [-0.05, 0) is 31.4 Å². The van der Waals surface area contributed by atoms with Crippen molar-refractivity contribution in [2.75, 3.05) is 19.7 Å². The van der Waals surface area contributed by atoms with Gasteiger partial charge in [0, 0.05) is 13.1 Å². The van der Waals surface area contributed by atoms with Crippen LogP contribution in [0.25, 0.3) is 0 Å². The second kappa shape index (κ2) is 8.29. The van der Waals surface area contributed by atoms with Gasteiger partial charge in [0.05, 0.1) is 5.56 Å². The van der Waals surface area contributed by atoms with E-state index in [2.05, 4.69) is 10.6 Å². The molecule has 2 amide bonds. The molecule has 5 nitrogen and oxygen atoms in total. The molecule has 0 aromatic heterocycles. The van der Waals surface area contributed by atoms with Crippen LogP contribution >= 0.6 is 0 Å². The predicted molar refractivity (Wildman–Crippen MR) is 82.5 cm³/mol. The molecule has 0 spiro atoms. The molecule has 5 heteroatoms. The maximum absolute atomic E-state index is 12.0. The van der Waals surface area contributed by atoms with Crippen LogP contribution in [0.1, 0.15) is 36.7 Å². The number of hydrogen-bond acceptors (Lipinski definition) is 3. The van der Waals surface area contributed by atoms with Crippen LogP contribution < -0.4 is 15.4 Å². The monoisotopic (exact) mass is 292 g/mol. The number of ether oxygens (including phenoxy) is 1. The Morgan fingerprint density at radius 3 is 2.57 bits per heavy atom. The Morgan fingerprint density at radius 2 is 1.95 bits per heavy atom. The summed E-state index contributed by atoms with van der Waals surface area (Å²) in [5, 5.41) is 5.52. The molecule has 0 aliphatic carbocycles. The smallest absolute Gasteiger partial charge is 0.257 e. The zero-order valence-corrected chi connectivity index (χ0v) is 13.2. The average Bonchev–Trinajstić information content (AvgIpc) is 2.43. The van der Waals surface area contributed by atoms with Gasteiger partial charge >= 0.3 is 0 Å². The van der Waals surface area contributed by atoms with Crippen molar-refractivity contribution in [3.05, 3.63) is 29.3 Å². The number of aryl methyl sites for hydroxylation is 1. The van der Waals surface area contributed by atoms with Crippen LogP contribution in [0.15, 0.2) is 18.2 Å². The van der Waals surface area contributed by atoms with Gasteiger partial charge in [-0.3, -0.25) is 9.59 Å². The summed E-state index contributed by atoms with van der Waals surface area (Å²) in [6.07, 6.45) is 0. The van der Waals surface area contributed by atoms with Gasteiger partial charge in [0.25, 0.3) is 11.8 Å². The molecule has 0 unspecified atom stereocenters. The van der Waals surface area contributed by atoms with Gasteiger partial charge in [-0.25, -0.2) is 0 Å². The fourth-order valence-electron chi connectivity index (χ4n) is 1.79. The van der Waals surface area contributed by atoms with E-state index < -0.39 is 0 Å². The van der Waals surface area contributed by atoms with Crippen LogP contribution in [-0.4, -0.2) is 31.5 Å². The number of benzene rings is 1. The molecular weight excluding hydrogens is 268 g/mol. The number of amides is 2. The summed E-state index contributed by atoms with van der Waals surface area (Å²) in [4.78, 5) is 23.7. The van der Waals surface area contributed by atoms with Crippen LogP contribution in [-0.2, 0) is 4.79 Å². The van der Waals surface area contributed by atoms with Gasteiger partial charge in [-0.1, -0.05) is 26.0 Å². The second-order valence-electron chi connectivity index (χ2n) is 5.30. The topological polar surface area (TPSA) is 67.4 Å². The first kappa shape index (κ1) is 17.0. The Bertz CT molecular complexity index is 498. The summed E-state index contributed by atoms with van der Waals surface area (Å²) < 4.78 is 5.56. The predicted octanol–water partition coefficient (Wildman–Crippen LogP) is 1.90. The number of hydrogen-bond donors (Lipinski definition) is 2.